The fourth-order valence-corrected chi connectivity index (χ4v) is 4.23. The van der Waals surface area contributed by atoms with E-state index >= 15 is 0 Å². The average Bonchev–Trinajstić information content (AvgIpc) is 3.22. The minimum atomic E-state index is 0.318. The third kappa shape index (κ3) is 3.86. The maximum atomic E-state index is 5.71. The van der Waals surface area contributed by atoms with Crippen molar-refractivity contribution in [2.45, 2.75) is 6.54 Å². The van der Waals surface area contributed by atoms with E-state index in [1.807, 2.05) is 6.07 Å². The summed E-state index contributed by atoms with van der Waals surface area (Å²) in [6, 6.07) is 20.8. The molecule has 0 spiro atoms. The lowest BCUT2D eigenvalue weighted by Gasteiger charge is -2.36. The van der Waals surface area contributed by atoms with E-state index in [1.165, 1.54) is 16.3 Å². The van der Waals surface area contributed by atoms with Crippen LogP contribution in [0, 0.1) is 0 Å². The van der Waals surface area contributed by atoms with E-state index in [0.717, 1.165) is 55.0 Å². The Morgan fingerprint density at radius 2 is 1.69 bits per heavy atom. The Bertz CT molecular complexity index is 1040. The summed E-state index contributed by atoms with van der Waals surface area (Å²) in [5, 5.41) is 6.66. The molecule has 1 N–H and O–H groups in total. The molecule has 0 bridgehead atoms. The highest BCUT2D eigenvalue weighted by Gasteiger charge is 2.20. The van der Waals surface area contributed by atoms with Crippen LogP contribution in [0.4, 0.5) is 5.69 Å². The van der Waals surface area contributed by atoms with Gasteiger partial charge in [-0.15, -0.1) is 0 Å². The summed E-state index contributed by atoms with van der Waals surface area (Å²) in [4.78, 5) is 4.71. The van der Waals surface area contributed by atoms with Crippen molar-refractivity contribution in [3.05, 3.63) is 66.2 Å². The van der Waals surface area contributed by atoms with E-state index < -0.39 is 0 Å². The van der Waals surface area contributed by atoms with Gasteiger partial charge in [-0.05, 0) is 41.4 Å². The van der Waals surface area contributed by atoms with Crippen LogP contribution < -0.4 is 14.8 Å². The van der Waals surface area contributed by atoms with Gasteiger partial charge in [0, 0.05) is 43.8 Å². The lowest BCUT2D eigenvalue weighted by Crippen LogP contribution is -2.49. The second kappa shape index (κ2) is 7.89. The number of fused-ring (bicyclic) bond motifs is 2. The van der Waals surface area contributed by atoms with Crippen LogP contribution in [0.25, 0.3) is 10.8 Å². The molecule has 0 saturated carbocycles. The van der Waals surface area contributed by atoms with Crippen molar-refractivity contribution in [1.82, 2.24) is 9.80 Å². The van der Waals surface area contributed by atoms with Gasteiger partial charge >= 0.3 is 0 Å². The van der Waals surface area contributed by atoms with Crippen molar-refractivity contribution in [2.75, 3.05) is 38.3 Å². The molecule has 1 fully saturated rings. The average molecular weight is 406 g/mol. The number of ether oxygens (including phenoxy) is 2. The van der Waals surface area contributed by atoms with Crippen LogP contribution in [0.1, 0.15) is 5.56 Å². The topological polar surface area (TPSA) is 37.0 Å². The van der Waals surface area contributed by atoms with Crippen LogP contribution >= 0.6 is 12.2 Å². The molecular formula is C23H23N3O2S. The maximum Gasteiger partial charge on any atom is 0.231 e. The smallest absolute Gasteiger partial charge is 0.231 e. The molecule has 0 aliphatic carbocycles. The molecule has 5 nitrogen and oxygen atoms in total. The standard InChI is InChI=1S/C23H23N3O2S/c29-23(24-20-7-3-5-18-4-1-2-6-19(18)20)26-12-10-25(11-13-26)15-17-8-9-21-22(14-17)28-16-27-21/h1-9,14H,10-13,15-16H2,(H,24,29). The van der Waals surface area contributed by atoms with Crippen LogP contribution in [0.3, 0.4) is 0 Å². The van der Waals surface area contributed by atoms with Gasteiger partial charge in [-0.3, -0.25) is 4.90 Å². The summed E-state index contributed by atoms with van der Waals surface area (Å²) in [5.74, 6) is 1.69. The highest BCUT2D eigenvalue weighted by Crippen LogP contribution is 2.33. The number of hydrogen-bond donors (Lipinski definition) is 1. The van der Waals surface area contributed by atoms with Gasteiger partial charge in [0.15, 0.2) is 16.6 Å². The second-order valence-electron chi connectivity index (χ2n) is 7.41. The number of hydrogen-bond acceptors (Lipinski definition) is 4. The summed E-state index contributed by atoms with van der Waals surface area (Å²) in [5.41, 5.74) is 2.31. The molecule has 0 amide bonds. The predicted molar refractivity (Wildman–Crippen MR) is 120 cm³/mol. The van der Waals surface area contributed by atoms with Crippen LogP contribution in [0.5, 0.6) is 11.5 Å². The zero-order valence-corrected chi connectivity index (χ0v) is 17.0. The van der Waals surface area contributed by atoms with Gasteiger partial charge in [0.25, 0.3) is 0 Å². The summed E-state index contributed by atoms with van der Waals surface area (Å²) in [7, 11) is 0. The first kappa shape index (κ1) is 18.2. The molecule has 5 rings (SSSR count). The highest BCUT2D eigenvalue weighted by molar-refractivity contribution is 7.80. The van der Waals surface area contributed by atoms with Crippen LogP contribution in [0.15, 0.2) is 60.7 Å². The minimum Gasteiger partial charge on any atom is -0.454 e. The first-order valence-corrected chi connectivity index (χ1v) is 10.3. The van der Waals surface area contributed by atoms with Crippen molar-refractivity contribution in [2.24, 2.45) is 0 Å². The van der Waals surface area contributed by atoms with Crippen LogP contribution in [-0.2, 0) is 6.54 Å². The predicted octanol–water partition coefficient (Wildman–Crippen LogP) is 4.08. The fourth-order valence-electron chi connectivity index (χ4n) is 3.94. The monoisotopic (exact) mass is 405 g/mol. The molecule has 3 aromatic rings. The van der Waals surface area contributed by atoms with Gasteiger partial charge in [0.2, 0.25) is 6.79 Å². The SMILES string of the molecule is S=C(Nc1cccc2ccccc12)N1CCN(Cc2ccc3c(c2)OCO3)CC1. The summed E-state index contributed by atoms with van der Waals surface area (Å²) >= 11 is 5.71. The molecule has 0 atom stereocenters. The zero-order chi connectivity index (χ0) is 19.6. The van der Waals surface area contributed by atoms with E-state index in [2.05, 4.69) is 69.7 Å². The molecule has 2 aliphatic heterocycles. The summed E-state index contributed by atoms with van der Waals surface area (Å²) in [6.07, 6.45) is 0. The van der Waals surface area contributed by atoms with Gasteiger partial charge in [-0.25, -0.2) is 0 Å². The Labute approximate surface area is 175 Å². The maximum absolute atomic E-state index is 5.71. The third-order valence-corrected chi connectivity index (χ3v) is 5.89. The van der Waals surface area contributed by atoms with Crippen molar-refractivity contribution in [3.63, 3.8) is 0 Å². The third-order valence-electron chi connectivity index (χ3n) is 5.53. The molecule has 0 aromatic heterocycles. The van der Waals surface area contributed by atoms with E-state index in [-0.39, 0.29) is 0 Å². The molecule has 3 aromatic carbocycles. The molecule has 2 aliphatic rings. The number of anilines is 1. The number of nitrogens with one attached hydrogen (secondary N) is 1. The van der Waals surface area contributed by atoms with Crippen molar-refractivity contribution in [3.8, 4) is 11.5 Å². The van der Waals surface area contributed by atoms with Crippen molar-refractivity contribution < 1.29 is 9.47 Å². The largest absolute Gasteiger partial charge is 0.454 e. The Hall–Kier alpha value is -2.83. The molecule has 6 heteroatoms. The van der Waals surface area contributed by atoms with Gasteiger partial charge in [-0.1, -0.05) is 42.5 Å². The molecule has 0 unspecified atom stereocenters. The minimum absolute atomic E-state index is 0.318. The molecule has 148 valence electrons. The molecule has 0 radical (unpaired) electrons. The molecule has 1 saturated heterocycles. The first-order valence-electron chi connectivity index (χ1n) is 9.91. The van der Waals surface area contributed by atoms with Crippen LogP contribution in [-0.4, -0.2) is 47.9 Å². The van der Waals surface area contributed by atoms with Gasteiger partial charge in [-0.2, -0.15) is 0 Å². The van der Waals surface area contributed by atoms with Crippen molar-refractivity contribution >= 4 is 33.8 Å². The van der Waals surface area contributed by atoms with Gasteiger partial charge < -0.3 is 19.7 Å². The molecule has 2 heterocycles. The van der Waals surface area contributed by atoms with Crippen LogP contribution in [0.2, 0.25) is 0 Å². The van der Waals surface area contributed by atoms with E-state index in [1.54, 1.807) is 0 Å². The van der Waals surface area contributed by atoms with E-state index in [0.29, 0.717) is 6.79 Å². The highest BCUT2D eigenvalue weighted by atomic mass is 32.1. The summed E-state index contributed by atoms with van der Waals surface area (Å²) < 4.78 is 10.9. The molecule has 29 heavy (non-hydrogen) atoms. The Morgan fingerprint density at radius 3 is 2.59 bits per heavy atom. The second-order valence-corrected chi connectivity index (χ2v) is 7.79. The Morgan fingerprint density at radius 1 is 0.897 bits per heavy atom. The number of piperazine rings is 1. The van der Waals surface area contributed by atoms with E-state index in [9.17, 15) is 0 Å². The first-order chi connectivity index (χ1) is 14.3. The zero-order valence-electron chi connectivity index (χ0n) is 16.1. The number of thiocarbonyl (C=S) groups is 1. The Balaban J connectivity index is 1.19. The van der Waals surface area contributed by atoms with Crippen molar-refractivity contribution in [1.29, 1.82) is 0 Å². The number of nitrogens with zero attached hydrogens (tertiary/aromatic N) is 2. The lowest BCUT2D eigenvalue weighted by molar-refractivity contribution is 0.173. The lowest BCUT2D eigenvalue weighted by atomic mass is 10.1. The van der Waals surface area contributed by atoms with Gasteiger partial charge in [0.1, 0.15) is 0 Å². The van der Waals surface area contributed by atoms with E-state index in [4.69, 9.17) is 21.7 Å². The quantitative estimate of drug-likeness (QED) is 0.662. The number of benzene rings is 3. The number of rotatable bonds is 3. The normalized spacial score (nSPS) is 16.2. The fraction of sp³-hybridized carbons (Fsp3) is 0.261. The Kier molecular flexibility index (Phi) is 4.96. The van der Waals surface area contributed by atoms with Gasteiger partial charge in [0.05, 0.1) is 0 Å². The summed E-state index contributed by atoms with van der Waals surface area (Å²) in [6.45, 7) is 5.02. The molecular weight excluding hydrogens is 382 g/mol.